The summed E-state index contributed by atoms with van der Waals surface area (Å²) in [7, 11) is 4.19. The molecule has 1 nitrogen and oxygen atoms in total. The van der Waals surface area contributed by atoms with E-state index in [1.54, 1.807) is 0 Å². The first-order chi connectivity index (χ1) is 10.6. The Morgan fingerprint density at radius 3 is 2.55 bits per heavy atom. The smallest absolute Gasteiger partial charge is 0.0409 e. The Balaban J connectivity index is 2.08. The maximum absolute atomic E-state index is 6.27. The summed E-state index contributed by atoms with van der Waals surface area (Å²) in [6.45, 7) is 0.953. The van der Waals surface area contributed by atoms with E-state index < -0.39 is 0 Å². The number of aryl methyl sites for hydroxylation is 2. The highest BCUT2D eigenvalue weighted by atomic mass is 35.5. The molecule has 2 aromatic carbocycles. The highest BCUT2D eigenvalue weighted by Gasteiger charge is 2.21. The Hall–Kier alpha value is -1.57. The zero-order valence-corrected chi connectivity index (χ0v) is 14.0. The topological polar surface area (TPSA) is 3.24 Å². The second-order valence-electron chi connectivity index (χ2n) is 6.21. The summed E-state index contributed by atoms with van der Waals surface area (Å²) in [5.74, 6) is 0.298. The molecule has 0 bridgehead atoms. The van der Waals surface area contributed by atoms with Gasteiger partial charge in [-0.1, -0.05) is 54.1 Å². The van der Waals surface area contributed by atoms with Gasteiger partial charge < -0.3 is 4.90 Å². The zero-order chi connectivity index (χ0) is 15.5. The molecular formula is C20H22ClN. The quantitative estimate of drug-likeness (QED) is 0.743. The van der Waals surface area contributed by atoms with E-state index in [9.17, 15) is 0 Å². The summed E-state index contributed by atoms with van der Waals surface area (Å²) >= 11 is 6.27. The number of halogens is 1. The molecule has 0 spiro atoms. The Kier molecular flexibility index (Phi) is 4.66. The van der Waals surface area contributed by atoms with Crippen LogP contribution >= 0.6 is 11.6 Å². The molecule has 0 fully saturated rings. The Bertz CT molecular complexity index is 688. The molecule has 1 aliphatic carbocycles. The molecule has 0 amide bonds. The van der Waals surface area contributed by atoms with Crippen LogP contribution in [0.15, 0.2) is 54.6 Å². The number of benzene rings is 2. The van der Waals surface area contributed by atoms with E-state index in [-0.39, 0.29) is 0 Å². The number of likely N-dealkylation sites (N-methyl/N-ethyl adjacent to an activating group) is 1. The fourth-order valence-electron chi connectivity index (χ4n) is 3.20. The van der Waals surface area contributed by atoms with Crippen molar-refractivity contribution in [2.45, 2.75) is 18.8 Å². The fraction of sp³-hybridized carbons (Fsp3) is 0.300. The summed E-state index contributed by atoms with van der Waals surface area (Å²) in [5.41, 5.74) is 5.64. The van der Waals surface area contributed by atoms with Crippen molar-refractivity contribution in [1.29, 1.82) is 0 Å². The van der Waals surface area contributed by atoms with Crippen LogP contribution in [0.2, 0.25) is 5.02 Å². The van der Waals surface area contributed by atoms with E-state index in [4.69, 9.17) is 11.6 Å². The minimum atomic E-state index is 0.298. The molecule has 0 aliphatic heterocycles. The Morgan fingerprint density at radius 2 is 1.77 bits per heavy atom. The van der Waals surface area contributed by atoms with Gasteiger partial charge in [0.1, 0.15) is 0 Å². The molecule has 114 valence electrons. The third-order valence-corrected chi connectivity index (χ3v) is 4.53. The van der Waals surface area contributed by atoms with Gasteiger partial charge in [0.15, 0.2) is 0 Å². The number of nitrogens with zero attached hydrogens (tertiary/aromatic N) is 1. The second kappa shape index (κ2) is 6.68. The lowest BCUT2D eigenvalue weighted by molar-refractivity contribution is 0.456. The van der Waals surface area contributed by atoms with E-state index in [1.807, 2.05) is 6.07 Å². The minimum Gasteiger partial charge on any atom is -0.306 e. The van der Waals surface area contributed by atoms with Crippen molar-refractivity contribution >= 4 is 11.6 Å². The van der Waals surface area contributed by atoms with Gasteiger partial charge in [-0.05, 0) is 61.3 Å². The Labute approximate surface area is 138 Å². The summed E-state index contributed by atoms with van der Waals surface area (Å²) < 4.78 is 0. The molecule has 2 aromatic rings. The van der Waals surface area contributed by atoms with Gasteiger partial charge in [-0.25, -0.2) is 0 Å². The van der Waals surface area contributed by atoms with Crippen molar-refractivity contribution in [3.63, 3.8) is 0 Å². The summed E-state index contributed by atoms with van der Waals surface area (Å²) in [6, 6.07) is 15.1. The van der Waals surface area contributed by atoms with Gasteiger partial charge in [0.05, 0.1) is 0 Å². The van der Waals surface area contributed by atoms with Gasteiger partial charge in [0, 0.05) is 17.5 Å². The largest absolute Gasteiger partial charge is 0.306 e. The summed E-state index contributed by atoms with van der Waals surface area (Å²) in [4.78, 5) is 2.18. The van der Waals surface area contributed by atoms with E-state index in [1.165, 1.54) is 22.3 Å². The standard InChI is InChI=1S/C20H22ClN/c1-22(2)13-5-8-19-18-7-4-3-6-15(18)9-10-16-11-12-17(21)14-20(16)19/h3-8,11-12,14,19H,9-10,13H2,1-2H3/b8-5+. The lowest BCUT2D eigenvalue weighted by Gasteiger charge is -2.17. The monoisotopic (exact) mass is 311 g/mol. The van der Waals surface area contributed by atoms with E-state index in [2.05, 4.69) is 67.5 Å². The number of rotatable bonds is 3. The van der Waals surface area contributed by atoms with Crippen LogP contribution in [0.4, 0.5) is 0 Å². The van der Waals surface area contributed by atoms with Crippen LogP contribution in [0.3, 0.4) is 0 Å². The van der Waals surface area contributed by atoms with Gasteiger partial charge in [-0.3, -0.25) is 0 Å². The third kappa shape index (κ3) is 3.26. The first kappa shape index (κ1) is 15.3. The van der Waals surface area contributed by atoms with E-state index in [0.29, 0.717) is 5.92 Å². The van der Waals surface area contributed by atoms with Gasteiger partial charge in [0.2, 0.25) is 0 Å². The molecule has 2 heteroatoms. The molecule has 22 heavy (non-hydrogen) atoms. The fourth-order valence-corrected chi connectivity index (χ4v) is 3.38. The number of hydrogen-bond acceptors (Lipinski definition) is 1. The lowest BCUT2D eigenvalue weighted by atomic mass is 9.88. The zero-order valence-electron chi connectivity index (χ0n) is 13.2. The number of allylic oxidation sites excluding steroid dienone is 1. The van der Waals surface area contributed by atoms with Crippen LogP contribution in [0.5, 0.6) is 0 Å². The van der Waals surface area contributed by atoms with Crippen molar-refractivity contribution in [3.8, 4) is 0 Å². The molecule has 0 saturated heterocycles. The van der Waals surface area contributed by atoms with E-state index in [0.717, 1.165) is 24.4 Å². The molecular weight excluding hydrogens is 290 g/mol. The maximum Gasteiger partial charge on any atom is 0.0409 e. The van der Waals surface area contributed by atoms with Gasteiger partial charge in [0.25, 0.3) is 0 Å². The molecule has 1 unspecified atom stereocenters. The molecule has 0 N–H and O–H groups in total. The summed E-state index contributed by atoms with van der Waals surface area (Å²) in [5, 5.41) is 0.823. The van der Waals surface area contributed by atoms with Crippen LogP contribution < -0.4 is 0 Å². The number of hydrogen-bond donors (Lipinski definition) is 0. The first-order valence-corrected chi connectivity index (χ1v) is 8.20. The van der Waals surface area contributed by atoms with Crippen molar-refractivity contribution in [2.75, 3.05) is 20.6 Å². The Morgan fingerprint density at radius 1 is 1.05 bits per heavy atom. The van der Waals surface area contributed by atoms with Crippen molar-refractivity contribution in [1.82, 2.24) is 4.90 Å². The first-order valence-electron chi connectivity index (χ1n) is 7.82. The highest BCUT2D eigenvalue weighted by molar-refractivity contribution is 6.30. The molecule has 1 atom stereocenters. The molecule has 1 aliphatic rings. The van der Waals surface area contributed by atoms with Gasteiger partial charge in [-0.2, -0.15) is 0 Å². The predicted octanol–water partition coefficient (Wildman–Crippen LogP) is 4.69. The minimum absolute atomic E-state index is 0.298. The molecule has 0 saturated carbocycles. The predicted molar refractivity (Wildman–Crippen MR) is 94.8 cm³/mol. The average Bonchev–Trinajstić information content (AvgIpc) is 2.65. The molecule has 0 heterocycles. The second-order valence-corrected chi connectivity index (χ2v) is 6.65. The molecule has 3 rings (SSSR count). The number of fused-ring (bicyclic) bond motifs is 2. The highest BCUT2D eigenvalue weighted by Crippen LogP contribution is 2.36. The van der Waals surface area contributed by atoms with Crippen molar-refractivity contribution < 1.29 is 0 Å². The van der Waals surface area contributed by atoms with Crippen LogP contribution in [0, 0.1) is 0 Å². The van der Waals surface area contributed by atoms with Crippen LogP contribution in [-0.2, 0) is 12.8 Å². The summed E-state index contributed by atoms with van der Waals surface area (Å²) in [6.07, 6.45) is 6.78. The van der Waals surface area contributed by atoms with Crippen LogP contribution in [0.1, 0.15) is 28.2 Å². The van der Waals surface area contributed by atoms with Gasteiger partial charge in [-0.15, -0.1) is 0 Å². The molecule has 0 aromatic heterocycles. The van der Waals surface area contributed by atoms with Gasteiger partial charge >= 0.3 is 0 Å². The van der Waals surface area contributed by atoms with Crippen LogP contribution in [-0.4, -0.2) is 25.5 Å². The molecule has 0 radical (unpaired) electrons. The van der Waals surface area contributed by atoms with Crippen molar-refractivity contribution in [3.05, 3.63) is 81.9 Å². The average molecular weight is 312 g/mol. The third-order valence-electron chi connectivity index (χ3n) is 4.30. The van der Waals surface area contributed by atoms with E-state index >= 15 is 0 Å². The lowest BCUT2D eigenvalue weighted by Crippen LogP contribution is -2.11. The van der Waals surface area contributed by atoms with Crippen LogP contribution in [0.25, 0.3) is 0 Å². The maximum atomic E-state index is 6.27. The SMILES string of the molecule is CN(C)C/C=C/C1c2ccccc2CCc2ccc(Cl)cc21. The normalized spacial score (nSPS) is 17.4. The van der Waals surface area contributed by atoms with Crippen molar-refractivity contribution in [2.24, 2.45) is 0 Å².